The normalized spacial score (nSPS) is 23.2. The van der Waals surface area contributed by atoms with Gasteiger partial charge in [0, 0.05) is 24.4 Å². The summed E-state index contributed by atoms with van der Waals surface area (Å²) in [7, 11) is 0. The minimum absolute atomic E-state index is 0.119. The van der Waals surface area contributed by atoms with E-state index in [1.165, 1.54) is 6.07 Å². The summed E-state index contributed by atoms with van der Waals surface area (Å²) in [6, 6.07) is 6.88. The van der Waals surface area contributed by atoms with Gasteiger partial charge in [-0.3, -0.25) is 4.79 Å². The molecule has 0 aliphatic heterocycles. The standard InChI is InChI=1S/C19H20FN3O/c20-16-3-1-2-13(8-16)14-6-7-17(9-14)23-19(24)15-10-21-18(22-11-15)12-4-5-12/h1-3,8,10-12,14,17H,4-7,9H2,(H,23,24). The van der Waals surface area contributed by atoms with Crippen molar-refractivity contribution >= 4 is 5.91 Å². The van der Waals surface area contributed by atoms with Gasteiger partial charge in [0.25, 0.3) is 5.91 Å². The van der Waals surface area contributed by atoms with Crippen molar-refractivity contribution in [2.75, 3.05) is 0 Å². The minimum atomic E-state index is -0.201. The first-order chi connectivity index (χ1) is 11.7. The first-order valence-corrected chi connectivity index (χ1v) is 8.57. The lowest BCUT2D eigenvalue weighted by molar-refractivity contribution is 0.0937. The van der Waals surface area contributed by atoms with E-state index in [0.717, 1.165) is 43.5 Å². The highest BCUT2D eigenvalue weighted by Gasteiger charge is 2.28. The van der Waals surface area contributed by atoms with Crippen LogP contribution in [0, 0.1) is 5.82 Å². The molecule has 2 aliphatic carbocycles. The fourth-order valence-corrected chi connectivity index (χ4v) is 3.45. The highest BCUT2D eigenvalue weighted by atomic mass is 19.1. The average Bonchev–Trinajstić information content (AvgIpc) is 3.34. The van der Waals surface area contributed by atoms with E-state index in [1.54, 1.807) is 24.5 Å². The lowest BCUT2D eigenvalue weighted by Crippen LogP contribution is -2.33. The fraction of sp³-hybridized carbons (Fsp3) is 0.421. The van der Waals surface area contributed by atoms with Crippen LogP contribution in [0.25, 0.3) is 0 Å². The first kappa shape index (κ1) is 15.2. The minimum Gasteiger partial charge on any atom is -0.349 e. The van der Waals surface area contributed by atoms with Gasteiger partial charge in [0.1, 0.15) is 11.6 Å². The van der Waals surface area contributed by atoms with Crippen molar-refractivity contribution in [3.8, 4) is 0 Å². The molecule has 1 heterocycles. The van der Waals surface area contributed by atoms with Crippen LogP contribution >= 0.6 is 0 Å². The maximum atomic E-state index is 13.4. The van der Waals surface area contributed by atoms with Crippen molar-refractivity contribution in [3.05, 3.63) is 59.4 Å². The monoisotopic (exact) mass is 325 g/mol. The van der Waals surface area contributed by atoms with Gasteiger partial charge in [0.2, 0.25) is 0 Å². The number of hydrogen-bond acceptors (Lipinski definition) is 3. The Morgan fingerprint density at radius 3 is 2.54 bits per heavy atom. The van der Waals surface area contributed by atoms with Gasteiger partial charge >= 0.3 is 0 Å². The van der Waals surface area contributed by atoms with Gasteiger partial charge in [-0.2, -0.15) is 0 Å². The maximum Gasteiger partial charge on any atom is 0.254 e. The van der Waals surface area contributed by atoms with Crippen molar-refractivity contribution in [2.45, 2.75) is 50.0 Å². The van der Waals surface area contributed by atoms with Crippen LogP contribution in [0.15, 0.2) is 36.7 Å². The molecule has 1 aromatic heterocycles. The number of benzene rings is 1. The molecule has 24 heavy (non-hydrogen) atoms. The average molecular weight is 325 g/mol. The molecule has 124 valence electrons. The zero-order valence-corrected chi connectivity index (χ0v) is 13.4. The molecule has 0 bridgehead atoms. The van der Waals surface area contributed by atoms with E-state index < -0.39 is 0 Å². The zero-order valence-electron chi connectivity index (χ0n) is 13.4. The maximum absolute atomic E-state index is 13.4. The Morgan fingerprint density at radius 1 is 1.08 bits per heavy atom. The number of carbonyl (C=O) groups is 1. The quantitative estimate of drug-likeness (QED) is 0.935. The van der Waals surface area contributed by atoms with Crippen molar-refractivity contribution in [1.29, 1.82) is 0 Å². The molecule has 2 aliphatic rings. The van der Waals surface area contributed by atoms with Crippen molar-refractivity contribution in [2.24, 2.45) is 0 Å². The zero-order chi connectivity index (χ0) is 16.5. The molecule has 2 saturated carbocycles. The van der Waals surface area contributed by atoms with Gasteiger partial charge in [-0.05, 0) is 55.7 Å². The Hall–Kier alpha value is -2.30. The molecule has 4 nitrogen and oxygen atoms in total. The van der Waals surface area contributed by atoms with Gasteiger partial charge in [-0.1, -0.05) is 12.1 Å². The molecule has 2 aromatic rings. The van der Waals surface area contributed by atoms with Crippen LogP contribution in [0.4, 0.5) is 4.39 Å². The number of carbonyl (C=O) groups excluding carboxylic acids is 1. The van der Waals surface area contributed by atoms with E-state index in [-0.39, 0.29) is 17.8 Å². The molecule has 2 unspecified atom stereocenters. The molecule has 1 aromatic carbocycles. The predicted molar refractivity (Wildman–Crippen MR) is 88.3 cm³/mol. The summed E-state index contributed by atoms with van der Waals surface area (Å²) in [6.07, 6.45) is 8.25. The summed E-state index contributed by atoms with van der Waals surface area (Å²) in [4.78, 5) is 20.9. The molecule has 1 N–H and O–H groups in total. The van der Waals surface area contributed by atoms with Crippen LogP contribution in [0.5, 0.6) is 0 Å². The van der Waals surface area contributed by atoms with Gasteiger partial charge in [0.05, 0.1) is 5.56 Å². The molecule has 2 fully saturated rings. The summed E-state index contributed by atoms with van der Waals surface area (Å²) < 4.78 is 13.4. The Balaban J connectivity index is 1.36. The van der Waals surface area contributed by atoms with Crippen molar-refractivity contribution in [3.63, 3.8) is 0 Å². The molecule has 0 spiro atoms. The third-order valence-corrected chi connectivity index (χ3v) is 4.96. The number of nitrogens with one attached hydrogen (secondary N) is 1. The van der Waals surface area contributed by atoms with E-state index >= 15 is 0 Å². The smallest absolute Gasteiger partial charge is 0.254 e. The van der Waals surface area contributed by atoms with Gasteiger partial charge < -0.3 is 5.32 Å². The molecular weight excluding hydrogens is 305 g/mol. The number of halogens is 1. The van der Waals surface area contributed by atoms with Crippen LogP contribution in [0.2, 0.25) is 0 Å². The largest absolute Gasteiger partial charge is 0.349 e. The second kappa shape index (κ2) is 6.30. The van der Waals surface area contributed by atoms with E-state index in [1.807, 2.05) is 6.07 Å². The molecule has 0 radical (unpaired) electrons. The second-order valence-electron chi connectivity index (χ2n) is 6.84. The van der Waals surface area contributed by atoms with E-state index in [4.69, 9.17) is 0 Å². The van der Waals surface area contributed by atoms with Crippen LogP contribution in [-0.2, 0) is 0 Å². The molecular formula is C19H20FN3O. The van der Waals surface area contributed by atoms with Crippen molar-refractivity contribution in [1.82, 2.24) is 15.3 Å². The summed E-state index contributed by atoms with van der Waals surface area (Å²) in [6.45, 7) is 0. The second-order valence-corrected chi connectivity index (χ2v) is 6.84. The number of nitrogens with zero attached hydrogens (tertiary/aromatic N) is 2. The highest BCUT2D eigenvalue weighted by molar-refractivity contribution is 5.93. The summed E-state index contributed by atoms with van der Waals surface area (Å²) in [5, 5.41) is 3.06. The number of rotatable bonds is 4. The highest BCUT2D eigenvalue weighted by Crippen LogP contribution is 2.37. The Bertz CT molecular complexity index is 743. The fourth-order valence-electron chi connectivity index (χ4n) is 3.45. The Kier molecular flexibility index (Phi) is 4.00. The van der Waals surface area contributed by atoms with E-state index in [0.29, 0.717) is 17.4 Å². The Labute approximate surface area is 140 Å². The number of hydrogen-bond donors (Lipinski definition) is 1. The summed E-state index contributed by atoms with van der Waals surface area (Å²) >= 11 is 0. The lowest BCUT2D eigenvalue weighted by Gasteiger charge is -2.14. The Morgan fingerprint density at radius 2 is 1.83 bits per heavy atom. The van der Waals surface area contributed by atoms with Crippen molar-refractivity contribution < 1.29 is 9.18 Å². The van der Waals surface area contributed by atoms with E-state index in [9.17, 15) is 9.18 Å². The molecule has 5 heteroatoms. The van der Waals surface area contributed by atoms with Gasteiger partial charge in [-0.25, -0.2) is 14.4 Å². The topological polar surface area (TPSA) is 54.9 Å². The third-order valence-electron chi connectivity index (χ3n) is 4.96. The van der Waals surface area contributed by atoms with Gasteiger partial charge in [0.15, 0.2) is 0 Å². The molecule has 4 rings (SSSR count). The van der Waals surface area contributed by atoms with Crippen LogP contribution in [-0.4, -0.2) is 21.9 Å². The molecule has 2 atom stereocenters. The molecule has 0 saturated heterocycles. The summed E-state index contributed by atoms with van der Waals surface area (Å²) in [5.74, 6) is 1.32. The summed E-state index contributed by atoms with van der Waals surface area (Å²) in [5.41, 5.74) is 1.53. The van der Waals surface area contributed by atoms with Crippen LogP contribution in [0.3, 0.4) is 0 Å². The first-order valence-electron chi connectivity index (χ1n) is 8.57. The van der Waals surface area contributed by atoms with Crippen LogP contribution in [0.1, 0.15) is 65.7 Å². The lowest BCUT2D eigenvalue weighted by atomic mass is 9.97. The number of aromatic nitrogens is 2. The van der Waals surface area contributed by atoms with Gasteiger partial charge in [-0.15, -0.1) is 0 Å². The number of amides is 1. The van der Waals surface area contributed by atoms with Crippen LogP contribution < -0.4 is 5.32 Å². The molecule has 1 amide bonds. The predicted octanol–water partition coefficient (Wildman–Crippen LogP) is 3.56. The van der Waals surface area contributed by atoms with E-state index in [2.05, 4.69) is 15.3 Å². The third kappa shape index (κ3) is 3.30. The SMILES string of the molecule is O=C(NC1CCC(c2cccc(F)c2)C1)c1cnc(C2CC2)nc1.